The summed E-state index contributed by atoms with van der Waals surface area (Å²) >= 11 is 5.79. The number of alkyl halides is 3. The molecule has 0 fully saturated rings. The molecule has 1 heterocycles. The summed E-state index contributed by atoms with van der Waals surface area (Å²) in [7, 11) is -8.46. The number of carbonyl (C=O) groups is 1. The fourth-order valence-electron chi connectivity index (χ4n) is 3.48. The number of nitrogens with one attached hydrogen (secondary N) is 3. The Bertz CT molecular complexity index is 1520. The van der Waals surface area contributed by atoms with Gasteiger partial charge < -0.3 is 9.47 Å². The summed E-state index contributed by atoms with van der Waals surface area (Å²) in [6.07, 6.45) is -7.39. The van der Waals surface area contributed by atoms with Gasteiger partial charge in [-0.2, -0.15) is 31.0 Å². The van der Waals surface area contributed by atoms with Gasteiger partial charge >= 0.3 is 12.3 Å². The number of amides is 1. The van der Waals surface area contributed by atoms with Crippen LogP contribution in [-0.4, -0.2) is 59.9 Å². The lowest BCUT2D eigenvalue weighted by molar-refractivity contribution is -0.242. The van der Waals surface area contributed by atoms with E-state index in [4.69, 9.17) is 16.3 Å². The first kappa shape index (κ1) is 32.7. The van der Waals surface area contributed by atoms with Crippen molar-refractivity contribution < 1.29 is 48.7 Å². The van der Waals surface area contributed by atoms with Crippen LogP contribution in [-0.2, 0) is 25.0 Å². The zero-order valence-corrected chi connectivity index (χ0v) is 24.4. The van der Waals surface area contributed by atoms with Crippen LogP contribution in [0.2, 0.25) is 5.02 Å². The molecule has 0 radical (unpaired) electrons. The Balaban J connectivity index is 1.97. The van der Waals surface area contributed by atoms with Crippen LogP contribution in [0.4, 0.5) is 33.7 Å². The third kappa shape index (κ3) is 7.91. The molecule has 1 aliphatic rings. The number of halogens is 5. The number of hydrogen-bond acceptors (Lipinski definition) is 7. The highest BCUT2D eigenvalue weighted by molar-refractivity contribution is 7.92. The predicted molar refractivity (Wildman–Crippen MR) is 142 cm³/mol. The van der Waals surface area contributed by atoms with Gasteiger partial charge in [0.15, 0.2) is 0 Å². The molecule has 0 saturated heterocycles. The maximum absolute atomic E-state index is 13.7. The third-order valence-corrected chi connectivity index (χ3v) is 8.93. The van der Waals surface area contributed by atoms with Gasteiger partial charge in [0.05, 0.1) is 28.7 Å². The number of rotatable bonds is 9. The largest absolute Gasteiger partial charge is 0.485 e. The molecule has 41 heavy (non-hydrogen) atoms. The van der Waals surface area contributed by atoms with Gasteiger partial charge in [-0.1, -0.05) is 11.6 Å². The van der Waals surface area contributed by atoms with E-state index in [0.29, 0.717) is 13.8 Å². The van der Waals surface area contributed by atoms with E-state index in [-0.39, 0.29) is 23.7 Å². The highest BCUT2D eigenvalue weighted by atomic mass is 35.5. The van der Waals surface area contributed by atoms with Crippen molar-refractivity contribution in [2.75, 3.05) is 22.7 Å². The topological polar surface area (TPSA) is 143 Å². The number of anilines is 2. The van der Waals surface area contributed by atoms with Crippen LogP contribution in [0.5, 0.6) is 5.75 Å². The van der Waals surface area contributed by atoms with E-state index in [1.54, 1.807) is 13.8 Å². The van der Waals surface area contributed by atoms with Crippen molar-refractivity contribution in [2.45, 2.75) is 56.5 Å². The van der Waals surface area contributed by atoms with Crippen molar-refractivity contribution in [3.8, 4) is 5.75 Å². The van der Waals surface area contributed by atoms with E-state index in [9.17, 15) is 39.2 Å². The van der Waals surface area contributed by atoms with Gasteiger partial charge in [-0.25, -0.2) is 17.6 Å². The average Bonchev–Trinajstić information content (AvgIpc) is 2.82. The summed E-state index contributed by atoms with van der Waals surface area (Å²) in [5.74, 6) is -0.937. The molecule has 0 spiro atoms. The number of ether oxygens (including phenoxy) is 2. The van der Waals surface area contributed by atoms with Gasteiger partial charge in [-0.15, -0.1) is 0 Å². The van der Waals surface area contributed by atoms with Gasteiger partial charge in [0.2, 0.25) is 5.60 Å². The van der Waals surface area contributed by atoms with Crippen LogP contribution in [0.25, 0.3) is 0 Å². The predicted octanol–water partition coefficient (Wildman–Crippen LogP) is 4.16. The Labute approximate surface area is 239 Å². The number of hydrogen-bond donors (Lipinski definition) is 3. The van der Waals surface area contributed by atoms with Crippen LogP contribution in [0.15, 0.2) is 41.3 Å². The van der Waals surface area contributed by atoms with E-state index in [0.717, 1.165) is 28.6 Å². The second kappa shape index (κ2) is 11.8. The molecule has 18 heteroatoms. The molecule has 0 bridgehead atoms. The van der Waals surface area contributed by atoms with Gasteiger partial charge in [-0.05, 0) is 64.1 Å². The van der Waals surface area contributed by atoms with Gasteiger partial charge in [0.25, 0.3) is 20.2 Å². The zero-order valence-electron chi connectivity index (χ0n) is 22.0. The molecular weight excluding hydrogens is 620 g/mol. The van der Waals surface area contributed by atoms with Gasteiger partial charge in [0, 0.05) is 11.7 Å². The number of nitrogens with zero attached hydrogens (tertiary/aromatic N) is 1. The second-order valence-electron chi connectivity index (χ2n) is 9.68. The number of fused-ring (bicyclic) bond motifs is 1. The quantitative estimate of drug-likeness (QED) is 0.347. The van der Waals surface area contributed by atoms with Crippen molar-refractivity contribution in [1.29, 1.82) is 0 Å². The Morgan fingerprint density at radius 1 is 1.15 bits per heavy atom. The standard InChI is InChI=1S/C23H27ClF4N4O7S2/c1-13(2)31-41(36,37)29-11-15-12-32(40(34,35)16-6-7-18(25)17(24)10-16)19-9-14(5-8-20(19)38-15)30-21(33)39-22(3,4)23(26,27)28/h5-10,13,15,29,31H,11-12H2,1-4H3,(H,30,33). The second-order valence-corrected chi connectivity index (χ2v) is 13.5. The van der Waals surface area contributed by atoms with E-state index < -0.39 is 72.5 Å². The molecule has 228 valence electrons. The van der Waals surface area contributed by atoms with Crippen LogP contribution >= 0.6 is 11.6 Å². The normalized spacial score (nSPS) is 16.2. The van der Waals surface area contributed by atoms with E-state index in [1.807, 2.05) is 0 Å². The van der Waals surface area contributed by atoms with Crippen LogP contribution in [0, 0.1) is 5.82 Å². The lowest BCUT2D eigenvalue weighted by Gasteiger charge is -2.36. The fraction of sp³-hybridized carbons (Fsp3) is 0.435. The first-order chi connectivity index (χ1) is 18.7. The molecule has 3 rings (SSSR count). The minimum Gasteiger partial charge on any atom is -0.485 e. The zero-order chi connectivity index (χ0) is 31.0. The van der Waals surface area contributed by atoms with Crippen molar-refractivity contribution in [3.63, 3.8) is 0 Å². The Kier molecular flexibility index (Phi) is 9.39. The van der Waals surface area contributed by atoms with Gasteiger partial charge in [0.1, 0.15) is 17.7 Å². The summed E-state index contributed by atoms with van der Waals surface area (Å²) < 4.78 is 120. The molecular formula is C23H27ClF4N4O7S2. The van der Waals surface area contributed by atoms with Crippen LogP contribution < -0.4 is 23.8 Å². The Morgan fingerprint density at radius 2 is 1.80 bits per heavy atom. The first-order valence-corrected chi connectivity index (χ1v) is 15.1. The van der Waals surface area contributed by atoms with E-state index in [1.165, 1.54) is 12.1 Å². The molecule has 1 aliphatic heterocycles. The fourth-order valence-corrected chi connectivity index (χ4v) is 6.36. The molecule has 11 nitrogen and oxygen atoms in total. The van der Waals surface area contributed by atoms with Crippen molar-refractivity contribution in [1.82, 2.24) is 9.44 Å². The van der Waals surface area contributed by atoms with Crippen LogP contribution in [0.1, 0.15) is 27.7 Å². The monoisotopic (exact) mass is 646 g/mol. The lowest BCUT2D eigenvalue weighted by Crippen LogP contribution is -2.50. The molecule has 0 aromatic heterocycles. The molecule has 1 atom stereocenters. The number of sulfonamides is 1. The maximum Gasteiger partial charge on any atom is 0.427 e. The molecule has 0 saturated carbocycles. The summed E-state index contributed by atoms with van der Waals surface area (Å²) in [5.41, 5.74) is -3.12. The maximum atomic E-state index is 13.7. The molecule has 1 amide bonds. The highest BCUT2D eigenvalue weighted by Crippen LogP contribution is 2.40. The summed E-state index contributed by atoms with van der Waals surface area (Å²) in [4.78, 5) is 11.8. The molecule has 1 unspecified atom stereocenters. The molecule has 2 aromatic rings. The number of carbonyl (C=O) groups excluding carboxylic acids is 1. The molecule has 0 aliphatic carbocycles. The lowest BCUT2D eigenvalue weighted by atomic mass is 10.1. The minimum absolute atomic E-state index is 0.0661. The molecule has 2 aromatic carbocycles. The average molecular weight is 647 g/mol. The Hall–Kier alpha value is -2.86. The van der Waals surface area contributed by atoms with Crippen molar-refractivity contribution >= 4 is 49.3 Å². The highest BCUT2D eigenvalue weighted by Gasteiger charge is 2.51. The summed E-state index contributed by atoms with van der Waals surface area (Å²) in [6, 6.07) is 5.82. The first-order valence-electron chi connectivity index (χ1n) is 11.8. The van der Waals surface area contributed by atoms with Gasteiger partial charge in [-0.3, -0.25) is 9.62 Å². The van der Waals surface area contributed by atoms with Crippen molar-refractivity contribution in [2.24, 2.45) is 0 Å². The Morgan fingerprint density at radius 3 is 2.39 bits per heavy atom. The summed E-state index contributed by atoms with van der Waals surface area (Å²) in [6.45, 7) is 3.68. The van der Waals surface area contributed by atoms with Crippen molar-refractivity contribution in [3.05, 3.63) is 47.2 Å². The molecule has 3 N–H and O–H groups in total. The minimum atomic E-state index is -4.86. The smallest absolute Gasteiger partial charge is 0.427 e. The SMILES string of the molecule is CC(C)NS(=O)(=O)NCC1CN(S(=O)(=O)c2ccc(F)c(Cl)c2)c2cc(NC(=O)OC(C)(C)C(F)(F)F)ccc2O1. The number of benzene rings is 2. The third-order valence-electron chi connectivity index (χ3n) is 5.54. The van der Waals surface area contributed by atoms with E-state index >= 15 is 0 Å². The summed E-state index contributed by atoms with van der Waals surface area (Å²) in [5, 5.41) is 1.64. The van der Waals surface area contributed by atoms with E-state index in [2.05, 4.69) is 19.5 Å². The van der Waals surface area contributed by atoms with Crippen LogP contribution in [0.3, 0.4) is 0 Å².